The number of anilines is 1. The first-order valence-corrected chi connectivity index (χ1v) is 9.12. The smallest absolute Gasteiger partial charge is 0.0642 e. The predicted octanol–water partition coefficient (Wildman–Crippen LogP) is 4.42. The highest BCUT2D eigenvalue weighted by Crippen LogP contribution is 2.35. The maximum Gasteiger partial charge on any atom is 0.0642 e. The van der Waals surface area contributed by atoms with Crippen molar-refractivity contribution in [3.63, 3.8) is 0 Å². The molecular weight excluding hydrogens is 300 g/mol. The van der Waals surface area contributed by atoms with Crippen molar-refractivity contribution >= 4 is 29.1 Å². The molecular formula is C17H27ClN2S. The summed E-state index contributed by atoms with van der Waals surface area (Å²) in [4.78, 5) is 2.42. The summed E-state index contributed by atoms with van der Waals surface area (Å²) in [7, 11) is 0. The summed E-state index contributed by atoms with van der Waals surface area (Å²) in [5.41, 5.74) is 2.44. The SMILES string of the molecule is CC(C)CNCc1ccc(N2CCSC(C)(C)C2)c(Cl)c1. The van der Waals surface area contributed by atoms with Crippen molar-refractivity contribution in [2.45, 2.75) is 39.0 Å². The Hall–Kier alpha value is -0.380. The van der Waals surface area contributed by atoms with Gasteiger partial charge in [-0.05, 0) is 44.0 Å². The van der Waals surface area contributed by atoms with Crippen LogP contribution in [0.15, 0.2) is 18.2 Å². The van der Waals surface area contributed by atoms with E-state index >= 15 is 0 Å². The van der Waals surface area contributed by atoms with E-state index in [2.05, 4.69) is 56.1 Å². The van der Waals surface area contributed by atoms with Crippen LogP contribution < -0.4 is 10.2 Å². The second-order valence-corrected chi connectivity index (χ2v) is 9.05. The molecule has 1 saturated heterocycles. The summed E-state index contributed by atoms with van der Waals surface area (Å²) in [6.07, 6.45) is 0. The Morgan fingerprint density at radius 1 is 1.38 bits per heavy atom. The first kappa shape index (κ1) is 17.0. The minimum Gasteiger partial charge on any atom is -0.368 e. The van der Waals surface area contributed by atoms with Crippen LogP contribution in [-0.4, -0.2) is 30.1 Å². The second-order valence-electron chi connectivity index (χ2n) is 6.84. The Balaban J connectivity index is 2.02. The highest BCUT2D eigenvalue weighted by Gasteiger charge is 2.27. The number of thioether (sulfide) groups is 1. The van der Waals surface area contributed by atoms with Crippen molar-refractivity contribution < 1.29 is 0 Å². The van der Waals surface area contributed by atoms with E-state index in [1.165, 1.54) is 17.0 Å². The molecule has 0 atom stereocenters. The van der Waals surface area contributed by atoms with Gasteiger partial charge in [0.1, 0.15) is 0 Å². The van der Waals surface area contributed by atoms with Gasteiger partial charge in [-0.25, -0.2) is 0 Å². The van der Waals surface area contributed by atoms with Crippen molar-refractivity contribution in [2.75, 3.05) is 30.3 Å². The lowest BCUT2D eigenvalue weighted by Gasteiger charge is -2.39. The molecule has 0 aromatic heterocycles. The zero-order valence-corrected chi connectivity index (χ0v) is 15.2. The van der Waals surface area contributed by atoms with Crippen molar-refractivity contribution in [1.29, 1.82) is 0 Å². The Morgan fingerprint density at radius 2 is 2.14 bits per heavy atom. The van der Waals surface area contributed by atoms with Crippen molar-refractivity contribution in [3.8, 4) is 0 Å². The third-order valence-electron chi connectivity index (χ3n) is 3.66. The molecule has 4 heteroatoms. The molecule has 0 radical (unpaired) electrons. The van der Waals surface area contributed by atoms with E-state index in [4.69, 9.17) is 11.6 Å². The molecule has 0 unspecified atom stereocenters. The number of benzene rings is 1. The van der Waals surface area contributed by atoms with Gasteiger partial charge in [-0.2, -0.15) is 11.8 Å². The zero-order valence-electron chi connectivity index (χ0n) is 13.6. The molecule has 2 rings (SSSR count). The van der Waals surface area contributed by atoms with Crippen LogP contribution in [0.4, 0.5) is 5.69 Å². The summed E-state index contributed by atoms with van der Waals surface area (Å²) in [5, 5.41) is 4.34. The van der Waals surface area contributed by atoms with Crippen LogP contribution in [-0.2, 0) is 6.54 Å². The van der Waals surface area contributed by atoms with Gasteiger partial charge in [-0.15, -0.1) is 0 Å². The third-order valence-corrected chi connectivity index (χ3v) is 5.26. The first-order chi connectivity index (χ1) is 9.87. The van der Waals surface area contributed by atoms with Crippen molar-refractivity contribution in [2.24, 2.45) is 5.92 Å². The molecule has 2 nitrogen and oxygen atoms in total. The van der Waals surface area contributed by atoms with Crippen LogP contribution in [0.3, 0.4) is 0 Å². The molecule has 1 heterocycles. The number of nitrogens with zero attached hydrogens (tertiary/aromatic N) is 1. The van der Waals surface area contributed by atoms with Crippen LogP contribution in [0.1, 0.15) is 33.3 Å². The lowest BCUT2D eigenvalue weighted by atomic mass is 10.1. The molecule has 0 spiro atoms. The number of rotatable bonds is 5. The van der Waals surface area contributed by atoms with Gasteiger partial charge < -0.3 is 10.2 Å². The van der Waals surface area contributed by atoms with Crippen LogP contribution in [0.25, 0.3) is 0 Å². The summed E-state index contributed by atoms with van der Waals surface area (Å²) < 4.78 is 0.305. The minimum atomic E-state index is 0.305. The lowest BCUT2D eigenvalue weighted by molar-refractivity contribution is 0.552. The second kappa shape index (κ2) is 7.26. The fourth-order valence-electron chi connectivity index (χ4n) is 2.64. The maximum absolute atomic E-state index is 6.52. The van der Waals surface area contributed by atoms with E-state index in [0.29, 0.717) is 10.7 Å². The Morgan fingerprint density at radius 3 is 2.76 bits per heavy atom. The van der Waals surface area contributed by atoms with E-state index in [-0.39, 0.29) is 0 Å². The molecule has 0 saturated carbocycles. The van der Waals surface area contributed by atoms with Gasteiger partial charge in [0.15, 0.2) is 0 Å². The van der Waals surface area contributed by atoms with E-state index in [1.54, 1.807) is 0 Å². The minimum absolute atomic E-state index is 0.305. The lowest BCUT2D eigenvalue weighted by Crippen LogP contribution is -2.43. The molecule has 0 aliphatic carbocycles. The van der Waals surface area contributed by atoms with Gasteiger partial charge >= 0.3 is 0 Å². The van der Waals surface area contributed by atoms with E-state index < -0.39 is 0 Å². The van der Waals surface area contributed by atoms with Crippen LogP contribution in [0.2, 0.25) is 5.02 Å². The summed E-state index contributed by atoms with van der Waals surface area (Å²) >= 11 is 8.57. The largest absolute Gasteiger partial charge is 0.368 e. The van der Waals surface area contributed by atoms with Crippen molar-refractivity contribution in [3.05, 3.63) is 28.8 Å². The molecule has 1 aromatic rings. The van der Waals surface area contributed by atoms with E-state index in [0.717, 1.165) is 31.2 Å². The van der Waals surface area contributed by atoms with Crippen molar-refractivity contribution in [1.82, 2.24) is 5.32 Å². The highest BCUT2D eigenvalue weighted by molar-refractivity contribution is 8.00. The molecule has 1 N–H and O–H groups in total. The Bertz CT molecular complexity index is 474. The highest BCUT2D eigenvalue weighted by atomic mass is 35.5. The van der Waals surface area contributed by atoms with Gasteiger partial charge in [0.05, 0.1) is 10.7 Å². The summed E-state index contributed by atoms with van der Waals surface area (Å²) in [6, 6.07) is 6.49. The monoisotopic (exact) mass is 326 g/mol. The summed E-state index contributed by atoms with van der Waals surface area (Å²) in [5.74, 6) is 1.84. The number of hydrogen-bond acceptors (Lipinski definition) is 3. The van der Waals surface area contributed by atoms with Gasteiger partial charge in [0.2, 0.25) is 0 Å². The predicted molar refractivity (Wildman–Crippen MR) is 96.7 cm³/mol. The zero-order chi connectivity index (χ0) is 15.5. The van der Waals surface area contributed by atoms with Crippen LogP contribution in [0, 0.1) is 5.92 Å². The standard InChI is InChI=1S/C17H27ClN2S/c1-13(2)10-19-11-14-5-6-16(15(18)9-14)20-7-8-21-17(3,4)12-20/h5-6,9,13,19H,7-8,10-12H2,1-4H3. The molecule has 1 aliphatic rings. The summed E-state index contributed by atoms with van der Waals surface area (Å²) in [6.45, 7) is 13.1. The third kappa shape index (κ3) is 5.08. The molecule has 118 valence electrons. The van der Waals surface area contributed by atoms with Gasteiger partial charge in [0.25, 0.3) is 0 Å². The molecule has 21 heavy (non-hydrogen) atoms. The molecule has 0 amide bonds. The quantitative estimate of drug-likeness (QED) is 0.862. The number of halogens is 1. The van der Waals surface area contributed by atoms with E-state index in [9.17, 15) is 0 Å². The number of nitrogens with one attached hydrogen (secondary N) is 1. The molecule has 0 bridgehead atoms. The molecule has 1 aromatic carbocycles. The number of hydrogen-bond donors (Lipinski definition) is 1. The first-order valence-electron chi connectivity index (χ1n) is 7.75. The van der Waals surface area contributed by atoms with E-state index in [1.807, 2.05) is 11.8 Å². The fourth-order valence-corrected chi connectivity index (χ4v) is 4.08. The van der Waals surface area contributed by atoms with Crippen LogP contribution in [0.5, 0.6) is 0 Å². The van der Waals surface area contributed by atoms with Gasteiger partial charge in [0, 0.05) is 30.1 Å². The average molecular weight is 327 g/mol. The van der Waals surface area contributed by atoms with Gasteiger partial charge in [-0.1, -0.05) is 31.5 Å². The molecule has 1 aliphatic heterocycles. The average Bonchev–Trinajstić information content (AvgIpc) is 2.37. The fraction of sp³-hybridized carbons (Fsp3) is 0.647. The molecule has 1 fully saturated rings. The Kier molecular flexibility index (Phi) is 5.87. The van der Waals surface area contributed by atoms with Crippen LogP contribution >= 0.6 is 23.4 Å². The Labute approximate surface area is 138 Å². The topological polar surface area (TPSA) is 15.3 Å². The normalized spacial score (nSPS) is 18.3. The van der Waals surface area contributed by atoms with Gasteiger partial charge in [-0.3, -0.25) is 0 Å². The maximum atomic E-state index is 6.52.